The zero-order chi connectivity index (χ0) is 23.8. The lowest BCUT2D eigenvalue weighted by molar-refractivity contribution is -0.137. The average molecular weight is 512 g/mol. The highest BCUT2D eigenvalue weighted by atomic mass is 35.5. The second-order valence-electron chi connectivity index (χ2n) is 6.07. The SMILES string of the molecule is [C-]#[N+]c1nn(-c2c(Cl)cc(C(F)(F)F)cc2Cl)c(N=Cc2cccn2C)c1S(F)=C(F)F. The minimum Gasteiger partial charge on any atom is -0.358 e. The van der Waals surface area contributed by atoms with Crippen LogP contribution in [0.3, 0.4) is 0 Å². The first kappa shape index (κ1) is 23.9. The monoisotopic (exact) mass is 511 g/mol. The molecule has 32 heavy (non-hydrogen) atoms. The van der Waals surface area contributed by atoms with E-state index in [4.69, 9.17) is 29.8 Å². The molecule has 2 aromatic heterocycles. The quantitative estimate of drug-likeness (QED) is 0.118. The molecule has 5 nitrogen and oxygen atoms in total. The summed E-state index contributed by atoms with van der Waals surface area (Å²) in [6.07, 6.45) is -1.93. The van der Waals surface area contributed by atoms with Gasteiger partial charge in [0.15, 0.2) is 5.82 Å². The fourth-order valence-corrected chi connectivity index (χ4v) is 3.98. The first-order valence-corrected chi connectivity index (χ1v) is 10.1. The topological polar surface area (TPSA) is 39.5 Å². The molecule has 0 fully saturated rings. The van der Waals surface area contributed by atoms with E-state index in [1.54, 1.807) is 29.9 Å². The number of alkyl halides is 3. The highest BCUT2D eigenvalue weighted by Crippen LogP contribution is 2.47. The Labute approximate surface area is 189 Å². The Hall–Kier alpha value is -2.75. The van der Waals surface area contributed by atoms with Crippen molar-refractivity contribution >= 4 is 57.3 Å². The maximum absolute atomic E-state index is 14.4. The summed E-state index contributed by atoms with van der Waals surface area (Å²) in [5, 5.41) is -0.00180. The molecule has 0 aliphatic heterocycles. The largest absolute Gasteiger partial charge is 0.416 e. The van der Waals surface area contributed by atoms with Crippen molar-refractivity contribution in [2.24, 2.45) is 12.0 Å². The van der Waals surface area contributed by atoms with Gasteiger partial charge < -0.3 is 9.41 Å². The number of halogens is 8. The number of hydrogen-bond acceptors (Lipinski definition) is 2. The molecular formula is C18H9Cl2F6N5S. The van der Waals surface area contributed by atoms with Crippen LogP contribution in [0.1, 0.15) is 11.3 Å². The van der Waals surface area contributed by atoms with E-state index in [9.17, 15) is 25.8 Å². The van der Waals surface area contributed by atoms with Crippen LogP contribution in [0.15, 0.2) is 40.4 Å². The molecule has 3 rings (SSSR count). The van der Waals surface area contributed by atoms with Crippen LogP contribution >= 0.6 is 34.1 Å². The average Bonchev–Trinajstić information content (AvgIpc) is 3.27. The van der Waals surface area contributed by atoms with E-state index in [0.29, 0.717) is 22.5 Å². The van der Waals surface area contributed by atoms with Gasteiger partial charge in [-0.05, 0) is 29.4 Å². The highest BCUT2D eigenvalue weighted by Gasteiger charge is 2.34. The smallest absolute Gasteiger partial charge is 0.358 e. The van der Waals surface area contributed by atoms with Gasteiger partial charge in [0.05, 0.1) is 38.4 Å². The Morgan fingerprint density at radius 2 is 1.88 bits per heavy atom. The zero-order valence-electron chi connectivity index (χ0n) is 15.6. The van der Waals surface area contributed by atoms with Gasteiger partial charge in [0.2, 0.25) is 0 Å². The van der Waals surface area contributed by atoms with Crippen molar-refractivity contribution in [2.75, 3.05) is 0 Å². The molecule has 0 saturated carbocycles. The molecule has 1 atom stereocenters. The summed E-state index contributed by atoms with van der Waals surface area (Å²) >= 11 is 12.0. The maximum atomic E-state index is 14.4. The second kappa shape index (κ2) is 9.01. The third kappa shape index (κ3) is 4.55. The summed E-state index contributed by atoms with van der Waals surface area (Å²) in [7, 11) is -1.69. The van der Waals surface area contributed by atoms with Crippen molar-refractivity contribution in [1.82, 2.24) is 14.3 Å². The van der Waals surface area contributed by atoms with E-state index in [1.807, 2.05) is 0 Å². The standard InChI is InChI=1S/C18H9Cl2F6N5S/c1-27-15-14(32(26)17(21)22)16(28-8-10-4-3-5-30(10)2)31(29-15)13-11(19)6-9(7-12(13)20)18(23,24)25/h3-8H,2H3. The van der Waals surface area contributed by atoms with Gasteiger partial charge in [-0.1, -0.05) is 29.8 Å². The summed E-state index contributed by atoms with van der Waals surface area (Å²) in [5.41, 5.74) is -1.08. The molecule has 3 aromatic rings. The summed E-state index contributed by atoms with van der Waals surface area (Å²) in [6, 6.07) is 4.35. The van der Waals surface area contributed by atoms with Gasteiger partial charge in [-0.3, -0.25) is 0 Å². The van der Waals surface area contributed by atoms with Gasteiger partial charge in [0.1, 0.15) is 10.6 Å². The van der Waals surface area contributed by atoms with Crippen LogP contribution in [0, 0.1) is 6.57 Å². The Morgan fingerprint density at radius 1 is 1.25 bits per heavy atom. The lowest BCUT2D eigenvalue weighted by Crippen LogP contribution is -2.07. The van der Waals surface area contributed by atoms with Crippen molar-refractivity contribution in [2.45, 2.75) is 11.1 Å². The molecule has 0 bridgehead atoms. The molecule has 0 saturated heterocycles. The molecule has 0 N–H and O–H groups in total. The molecule has 2 heterocycles. The molecule has 0 aliphatic rings. The summed E-state index contributed by atoms with van der Waals surface area (Å²) in [5.74, 6) is -1.34. The van der Waals surface area contributed by atoms with Gasteiger partial charge in [0.25, 0.3) is 0 Å². The second-order valence-corrected chi connectivity index (χ2v) is 8.11. The predicted octanol–water partition coefficient (Wildman–Crippen LogP) is 7.38. The Morgan fingerprint density at radius 3 is 2.34 bits per heavy atom. The fourth-order valence-electron chi connectivity index (χ4n) is 2.63. The fraction of sp³-hybridized carbons (Fsp3) is 0.111. The highest BCUT2D eigenvalue weighted by molar-refractivity contribution is 8.11. The molecule has 14 heteroatoms. The Bertz CT molecular complexity index is 1280. The van der Waals surface area contributed by atoms with Crippen LogP contribution in [-0.4, -0.2) is 25.9 Å². The molecule has 0 spiro atoms. The van der Waals surface area contributed by atoms with Crippen LogP contribution < -0.4 is 0 Å². The van der Waals surface area contributed by atoms with Gasteiger partial charge in [-0.15, -0.1) is 4.68 Å². The predicted molar refractivity (Wildman–Crippen MR) is 112 cm³/mol. The van der Waals surface area contributed by atoms with E-state index in [2.05, 4.69) is 14.9 Å². The number of aryl methyl sites for hydroxylation is 1. The molecule has 0 radical (unpaired) electrons. The van der Waals surface area contributed by atoms with Gasteiger partial charge in [-0.2, -0.15) is 25.8 Å². The third-order valence-electron chi connectivity index (χ3n) is 4.08. The first-order chi connectivity index (χ1) is 15.0. The lowest BCUT2D eigenvalue weighted by atomic mass is 10.2. The first-order valence-electron chi connectivity index (χ1n) is 8.26. The van der Waals surface area contributed by atoms with Crippen LogP contribution in [0.25, 0.3) is 10.5 Å². The molecule has 1 unspecified atom stereocenters. The lowest BCUT2D eigenvalue weighted by Gasteiger charge is -2.12. The van der Waals surface area contributed by atoms with Crippen molar-refractivity contribution in [3.05, 3.63) is 63.2 Å². The number of nitrogens with zero attached hydrogens (tertiary/aromatic N) is 5. The van der Waals surface area contributed by atoms with E-state index in [-0.39, 0.29) is 5.69 Å². The number of benzene rings is 1. The summed E-state index contributed by atoms with van der Waals surface area (Å²) < 4.78 is 82.1. The van der Waals surface area contributed by atoms with E-state index in [1.165, 1.54) is 6.21 Å². The minimum absolute atomic E-state index is 0.382. The van der Waals surface area contributed by atoms with Crippen LogP contribution in [-0.2, 0) is 13.2 Å². The Kier molecular flexibility index (Phi) is 6.73. The van der Waals surface area contributed by atoms with Crippen LogP contribution in [0.4, 0.5) is 37.5 Å². The normalized spacial score (nSPS) is 12.9. The van der Waals surface area contributed by atoms with Crippen molar-refractivity contribution < 1.29 is 25.8 Å². The summed E-state index contributed by atoms with van der Waals surface area (Å²) in [6.45, 7) is 7.18. The van der Waals surface area contributed by atoms with E-state index in [0.717, 1.165) is 0 Å². The van der Waals surface area contributed by atoms with Crippen molar-refractivity contribution in [3.8, 4) is 5.69 Å². The Balaban J connectivity index is 2.35. The zero-order valence-corrected chi connectivity index (χ0v) is 18.0. The van der Waals surface area contributed by atoms with Gasteiger partial charge in [-0.25, -0.2) is 4.99 Å². The molecule has 0 aliphatic carbocycles. The number of aliphatic imine (C=N–C) groups is 1. The van der Waals surface area contributed by atoms with Gasteiger partial charge >= 0.3 is 17.4 Å². The number of rotatable bonds is 4. The molecular weight excluding hydrogens is 503 g/mol. The molecule has 1 aromatic carbocycles. The maximum Gasteiger partial charge on any atom is 0.416 e. The van der Waals surface area contributed by atoms with Crippen LogP contribution in [0.2, 0.25) is 10.0 Å². The molecule has 168 valence electrons. The number of aromatic nitrogens is 3. The van der Waals surface area contributed by atoms with Crippen LogP contribution in [0.5, 0.6) is 0 Å². The van der Waals surface area contributed by atoms with Crippen molar-refractivity contribution in [1.29, 1.82) is 0 Å². The summed E-state index contributed by atoms with van der Waals surface area (Å²) in [4.78, 5) is 6.11. The number of hydrogen-bond donors (Lipinski definition) is 0. The van der Waals surface area contributed by atoms with E-state index < -0.39 is 54.6 Å². The van der Waals surface area contributed by atoms with Gasteiger partial charge in [0, 0.05) is 13.2 Å². The minimum atomic E-state index is -4.77. The van der Waals surface area contributed by atoms with E-state index >= 15 is 0 Å². The van der Waals surface area contributed by atoms with Crippen molar-refractivity contribution in [3.63, 3.8) is 0 Å². The molecule has 0 amide bonds. The third-order valence-corrected chi connectivity index (χ3v) is 5.65.